The molecule has 0 spiro atoms. The van der Waals surface area contributed by atoms with Gasteiger partial charge in [0.15, 0.2) is 0 Å². The molecule has 0 aromatic heterocycles. The van der Waals surface area contributed by atoms with E-state index in [-0.39, 0.29) is 18.0 Å². The molecule has 3 atom stereocenters. The smallest absolute Gasteiger partial charge is 0.475 e. The van der Waals surface area contributed by atoms with E-state index < -0.39 is 12.1 Å². The van der Waals surface area contributed by atoms with Gasteiger partial charge in [-0.3, -0.25) is 4.90 Å². The molecule has 0 unspecified atom stereocenters. The molecule has 1 aromatic rings. The summed E-state index contributed by atoms with van der Waals surface area (Å²) in [5, 5.41) is 7.12. The summed E-state index contributed by atoms with van der Waals surface area (Å²) in [6.07, 6.45) is -0.0309. The van der Waals surface area contributed by atoms with E-state index in [1.807, 2.05) is 12.1 Å². The van der Waals surface area contributed by atoms with Gasteiger partial charge >= 0.3 is 12.1 Å². The van der Waals surface area contributed by atoms with Crippen molar-refractivity contribution < 1.29 is 36.9 Å². The van der Waals surface area contributed by atoms with Crippen LogP contribution in [-0.2, 0) is 20.8 Å². The van der Waals surface area contributed by atoms with E-state index in [9.17, 15) is 17.6 Å². The van der Waals surface area contributed by atoms with Gasteiger partial charge < -0.3 is 14.6 Å². The van der Waals surface area contributed by atoms with Gasteiger partial charge in [0.1, 0.15) is 5.82 Å². The van der Waals surface area contributed by atoms with Gasteiger partial charge in [-0.25, -0.2) is 9.18 Å². The van der Waals surface area contributed by atoms with Crippen molar-refractivity contribution in [2.45, 2.75) is 56.7 Å². The lowest BCUT2D eigenvalue weighted by Gasteiger charge is -2.41. The van der Waals surface area contributed by atoms with E-state index in [0.717, 1.165) is 44.1 Å². The molecule has 3 fully saturated rings. The number of halogens is 4. The molecule has 5 nitrogen and oxygen atoms in total. The Labute approximate surface area is 166 Å². The summed E-state index contributed by atoms with van der Waals surface area (Å²) in [5.41, 5.74) is 0.783. The highest BCUT2D eigenvalue weighted by Gasteiger charge is 2.43. The molecular weight excluding hydrogens is 394 g/mol. The quantitative estimate of drug-likeness (QED) is 0.739. The van der Waals surface area contributed by atoms with Gasteiger partial charge in [-0.2, -0.15) is 13.2 Å². The van der Waals surface area contributed by atoms with Crippen molar-refractivity contribution in [3.63, 3.8) is 0 Å². The fraction of sp³-hybridized carbons (Fsp3) is 0.650. The fourth-order valence-corrected chi connectivity index (χ4v) is 3.73. The molecule has 1 saturated carbocycles. The SMILES string of the molecule is Fc1ccccc1CN1CC[C@@H](OCC2CC2)[C@H]2OCC[C@@H]21.O=C(O)C(F)(F)F. The topological polar surface area (TPSA) is 59.0 Å². The molecule has 1 aromatic carbocycles. The number of piperidine rings is 1. The second-order valence-corrected chi connectivity index (χ2v) is 7.66. The number of carboxylic acid groups (broad SMARTS) is 1. The lowest BCUT2D eigenvalue weighted by Crippen LogP contribution is -2.53. The summed E-state index contributed by atoms with van der Waals surface area (Å²) in [5.74, 6) is -2.08. The molecule has 0 bridgehead atoms. The van der Waals surface area contributed by atoms with E-state index in [1.165, 1.54) is 12.8 Å². The molecule has 2 heterocycles. The molecular formula is C20H25F4NO4. The van der Waals surface area contributed by atoms with Gasteiger partial charge in [-0.1, -0.05) is 18.2 Å². The summed E-state index contributed by atoms with van der Waals surface area (Å²) < 4.78 is 57.7. The van der Waals surface area contributed by atoms with Crippen molar-refractivity contribution in [2.75, 3.05) is 19.8 Å². The maximum absolute atomic E-state index is 13.9. The molecule has 162 valence electrons. The zero-order valence-electron chi connectivity index (χ0n) is 15.9. The number of ether oxygens (including phenoxy) is 2. The van der Waals surface area contributed by atoms with E-state index in [0.29, 0.717) is 12.6 Å². The molecule has 2 saturated heterocycles. The van der Waals surface area contributed by atoms with Crippen LogP contribution in [0.1, 0.15) is 31.2 Å². The Balaban J connectivity index is 0.000000298. The molecule has 2 aliphatic heterocycles. The Morgan fingerprint density at radius 2 is 1.90 bits per heavy atom. The molecule has 1 aliphatic carbocycles. The van der Waals surface area contributed by atoms with Gasteiger partial charge in [-0.05, 0) is 37.7 Å². The van der Waals surface area contributed by atoms with Crippen molar-refractivity contribution in [1.82, 2.24) is 4.90 Å². The second-order valence-electron chi connectivity index (χ2n) is 7.66. The number of aliphatic carboxylic acids is 1. The number of carboxylic acids is 1. The Kier molecular flexibility index (Phi) is 7.13. The van der Waals surface area contributed by atoms with Crippen LogP contribution in [0, 0.1) is 11.7 Å². The zero-order chi connectivity index (χ0) is 21.0. The molecule has 0 radical (unpaired) electrons. The number of carbonyl (C=O) groups is 1. The molecule has 9 heteroatoms. The number of rotatable bonds is 5. The van der Waals surface area contributed by atoms with Crippen molar-refractivity contribution in [2.24, 2.45) is 5.92 Å². The number of alkyl halides is 3. The number of likely N-dealkylation sites (tertiary alicyclic amines) is 1. The predicted octanol–water partition coefficient (Wildman–Crippen LogP) is 3.62. The number of hydrogen-bond donors (Lipinski definition) is 1. The van der Waals surface area contributed by atoms with Crippen LogP contribution in [0.2, 0.25) is 0 Å². The first-order valence-corrected chi connectivity index (χ1v) is 9.76. The highest BCUT2D eigenvalue weighted by Crippen LogP contribution is 2.34. The third-order valence-electron chi connectivity index (χ3n) is 5.46. The lowest BCUT2D eigenvalue weighted by molar-refractivity contribution is -0.192. The molecule has 4 rings (SSSR count). The van der Waals surface area contributed by atoms with E-state index >= 15 is 0 Å². The molecule has 3 aliphatic rings. The summed E-state index contributed by atoms with van der Waals surface area (Å²) in [7, 11) is 0. The highest BCUT2D eigenvalue weighted by molar-refractivity contribution is 5.73. The Morgan fingerprint density at radius 1 is 1.21 bits per heavy atom. The summed E-state index contributed by atoms with van der Waals surface area (Å²) in [4.78, 5) is 11.3. The summed E-state index contributed by atoms with van der Waals surface area (Å²) in [6.45, 7) is 3.33. The molecule has 0 amide bonds. The minimum atomic E-state index is -5.08. The van der Waals surface area contributed by atoms with E-state index in [4.69, 9.17) is 19.4 Å². The first-order chi connectivity index (χ1) is 13.8. The minimum Gasteiger partial charge on any atom is -0.475 e. The number of benzene rings is 1. The Hall–Kier alpha value is -1.71. The first kappa shape index (κ1) is 22.0. The van der Waals surface area contributed by atoms with Gasteiger partial charge in [0.05, 0.1) is 12.2 Å². The Bertz CT molecular complexity index is 695. The van der Waals surface area contributed by atoms with Gasteiger partial charge in [-0.15, -0.1) is 0 Å². The predicted molar refractivity (Wildman–Crippen MR) is 95.7 cm³/mol. The average Bonchev–Trinajstić information content (AvgIpc) is 3.36. The van der Waals surface area contributed by atoms with Crippen LogP contribution in [0.5, 0.6) is 0 Å². The molecule has 1 N–H and O–H groups in total. The third-order valence-corrected chi connectivity index (χ3v) is 5.46. The summed E-state index contributed by atoms with van der Waals surface area (Å²) >= 11 is 0. The number of hydrogen-bond acceptors (Lipinski definition) is 4. The van der Waals surface area contributed by atoms with Crippen LogP contribution in [0.3, 0.4) is 0 Å². The standard InChI is InChI=1S/C18H24FNO2.C2HF3O2/c19-15-4-2-1-3-14(15)11-20-9-7-17(22-12-13-5-6-13)18-16(20)8-10-21-18;3-2(4,5)1(6)7/h1-4,13,16-18H,5-12H2;(H,6,7)/t16-,17+,18-;/m0./s1. The van der Waals surface area contributed by atoms with Crippen molar-refractivity contribution in [1.29, 1.82) is 0 Å². The van der Waals surface area contributed by atoms with Crippen molar-refractivity contribution >= 4 is 5.97 Å². The Morgan fingerprint density at radius 3 is 2.52 bits per heavy atom. The van der Waals surface area contributed by atoms with Crippen LogP contribution >= 0.6 is 0 Å². The normalized spacial score (nSPS) is 27.1. The van der Waals surface area contributed by atoms with Crippen LogP contribution in [0.15, 0.2) is 24.3 Å². The maximum Gasteiger partial charge on any atom is 0.490 e. The fourth-order valence-electron chi connectivity index (χ4n) is 3.73. The minimum absolute atomic E-state index is 0.106. The maximum atomic E-state index is 13.9. The van der Waals surface area contributed by atoms with Gasteiger partial charge in [0, 0.05) is 37.9 Å². The van der Waals surface area contributed by atoms with Crippen LogP contribution < -0.4 is 0 Å². The van der Waals surface area contributed by atoms with E-state index in [2.05, 4.69) is 4.90 Å². The largest absolute Gasteiger partial charge is 0.490 e. The van der Waals surface area contributed by atoms with E-state index in [1.54, 1.807) is 12.1 Å². The van der Waals surface area contributed by atoms with Crippen LogP contribution in [0.25, 0.3) is 0 Å². The molecule has 29 heavy (non-hydrogen) atoms. The first-order valence-electron chi connectivity index (χ1n) is 9.76. The second kappa shape index (κ2) is 9.40. The van der Waals surface area contributed by atoms with Crippen LogP contribution in [0.4, 0.5) is 17.6 Å². The number of fused-ring (bicyclic) bond motifs is 1. The lowest BCUT2D eigenvalue weighted by atomic mass is 9.95. The highest BCUT2D eigenvalue weighted by atomic mass is 19.4. The van der Waals surface area contributed by atoms with Crippen molar-refractivity contribution in [3.05, 3.63) is 35.6 Å². The number of nitrogens with zero attached hydrogens (tertiary/aromatic N) is 1. The summed E-state index contributed by atoms with van der Waals surface area (Å²) in [6, 6.07) is 7.46. The zero-order valence-corrected chi connectivity index (χ0v) is 15.9. The third kappa shape index (κ3) is 6.13. The average molecular weight is 419 g/mol. The van der Waals surface area contributed by atoms with Gasteiger partial charge in [0.25, 0.3) is 0 Å². The van der Waals surface area contributed by atoms with Gasteiger partial charge in [0.2, 0.25) is 0 Å². The van der Waals surface area contributed by atoms with Crippen LogP contribution in [-0.4, -0.2) is 60.2 Å². The van der Waals surface area contributed by atoms with Crippen molar-refractivity contribution in [3.8, 4) is 0 Å². The monoisotopic (exact) mass is 419 g/mol.